The molecule has 7 heteroatoms. The van der Waals surface area contributed by atoms with Gasteiger partial charge in [0.25, 0.3) is 5.56 Å². The molecular formula is C28H35N3O4. The Morgan fingerprint density at radius 1 is 0.971 bits per heavy atom. The molecule has 35 heavy (non-hydrogen) atoms. The van der Waals surface area contributed by atoms with E-state index in [1.54, 1.807) is 13.0 Å². The number of aryl methyl sites for hydroxylation is 2. The number of esters is 1. The topological polar surface area (TPSA) is 104 Å². The molecule has 7 nitrogen and oxygen atoms in total. The number of hydrogen-bond acceptors (Lipinski definition) is 6. The van der Waals surface area contributed by atoms with Crippen molar-refractivity contribution in [1.82, 2.24) is 9.78 Å². The molecule has 0 aliphatic rings. The summed E-state index contributed by atoms with van der Waals surface area (Å²) >= 11 is 0. The van der Waals surface area contributed by atoms with Gasteiger partial charge < -0.3 is 10.5 Å². The zero-order chi connectivity index (χ0) is 25.6. The second-order valence-electron chi connectivity index (χ2n) is 8.31. The normalized spacial score (nSPS) is 10.3. The van der Waals surface area contributed by atoms with Gasteiger partial charge in [0.05, 0.1) is 25.3 Å². The first-order valence-electron chi connectivity index (χ1n) is 11.9. The molecule has 0 radical (unpaired) electrons. The predicted molar refractivity (Wildman–Crippen MR) is 138 cm³/mol. The Morgan fingerprint density at radius 2 is 1.71 bits per heavy atom. The third kappa shape index (κ3) is 10.1. The summed E-state index contributed by atoms with van der Waals surface area (Å²) in [6, 6.07) is 18.5. The summed E-state index contributed by atoms with van der Waals surface area (Å²) in [5, 5.41) is 4.20. The van der Waals surface area contributed by atoms with E-state index in [4.69, 9.17) is 10.5 Å². The van der Waals surface area contributed by atoms with Crippen molar-refractivity contribution in [3.8, 4) is 0 Å². The van der Waals surface area contributed by atoms with Crippen LogP contribution in [-0.4, -0.2) is 34.7 Å². The van der Waals surface area contributed by atoms with Crippen molar-refractivity contribution >= 4 is 11.8 Å². The van der Waals surface area contributed by atoms with E-state index in [0.29, 0.717) is 26.1 Å². The molecule has 0 bridgehead atoms. The highest BCUT2D eigenvalue weighted by molar-refractivity contribution is 5.96. The first kappa shape index (κ1) is 27.7. The Bertz CT molecular complexity index is 1170. The van der Waals surface area contributed by atoms with Crippen molar-refractivity contribution in [3.05, 3.63) is 99.0 Å². The van der Waals surface area contributed by atoms with Crippen molar-refractivity contribution in [2.75, 3.05) is 13.2 Å². The van der Waals surface area contributed by atoms with Crippen molar-refractivity contribution in [2.24, 2.45) is 5.73 Å². The second-order valence-corrected chi connectivity index (χ2v) is 8.31. The van der Waals surface area contributed by atoms with Crippen LogP contribution < -0.4 is 11.3 Å². The average molecular weight is 478 g/mol. The summed E-state index contributed by atoms with van der Waals surface area (Å²) in [6.07, 6.45) is 2.67. The third-order valence-corrected chi connectivity index (χ3v) is 5.18. The van der Waals surface area contributed by atoms with Gasteiger partial charge in [-0.05, 0) is 63.4 Å². The van der Waals surface area contributed by atoms with Gasteiger partial charge in [-0.3, -0.25) is 14.4 Å². The summed E-state index contributed by atoms with van der Waals surface area (Å²) in [6.45, 7) is 7.05. The van der Waals surface area contributed by atoms with Crippen molar-refractivity contribution < 1.29 is 14.3 Å². The highest BCUT2D eigenvalue weighted by atomic mass is 16.5. The van der Waals surface area contributed by atoms with Crippen LogP contribution in [0.15, 0.2) is 65.5 Å². The zero-order valence-electron chi connectivity index (χ0n) is 20.8. The van der Waals surface area contributed by atoms with Crippen LogP contribution in [-0.2, 0) is 22.5 Å². The number of carbonyl (C=O) groups excluding carboxylic acids is 2. The van der Waals surface area contributed by atoms with Crippen LogP contribution in [0, 0.1) is 13.8 Å². The maximum absolute atomic E-state index is 11.7. The number of unbranched alkanes of at least 4 members (excludes halogenated alkanes) is 1. The zero-order valence-corrected chi connectivity index (χ0v) is 20.8. The molecule has 3 aromatic rings. The van der Waals surface area contributed by atoms with Gasteiger partial charge in [0, 0.05) is 18.1 Å². The van der Waals surface area contributed by atoms with Crippen LogP contribution >= 0.6 is 0 Å². The Morgan fingerprint density at radius 3 is 2.43 bits per heavy atom. The fraction of sp³-hybridized carbons (Fsp3) is 0.357. The van der Waals surface area contributed by atoms with E-state index in [0.717, 1.165) is 40.8 Å². The lowest BCUT2D eigenvalue weighted by atomic mass is 10.0. The van der Waals surface area contributed by atoms with Crippen LogP contribution in [0.2, 0.25) is 0 Å². The summed E-state index contributed by atoms with van der Waals surface area (Å²) in [7, 11) is 0. The molecule has 0 amide bonds. The summed E-state index contributed by atoms with van der Waals surface area (Å²) in [4.78, 5) is 34.9. The van der Waals surface area contributed by atoms with Crippen molar-refractivity contribution in [2.45, 2.75) is 53.0 Å². The van der Waals surface area contributed by atoms with Gasteiger partial charge in [0.15, 0.2) is 5.78 Å². The largest absolute Gasteiger partial charge is 0.466 e. The van der Waals surface area contributed by atoms with Crippen LogP contribution in [0.5, 0.6) is 0 Å². The standard InChI is InChI=1S/C16H18N2O3.C12H17NO/c1-3-21-16(20)10-13-5-4-6-14(9-13)11-18-15(19)8-7-12(2)17-18;1-10-5-4-6-11(9-10)12(14)7-2-3-8-13/h4-9H,3,10-11H2,1-2H3;4-6,9H,2-3,7-8,13H2,1H3. The quantitative estimate of drug-likeness (QED) is 0.269. The fourth-order valence-corrected chi connectivity index (χ4v) is 3.45. The lowest BCUT2D eigenvalue weighted by Gasteiger charge is -2.07. The van der Waals surface area contributed by atoms with Gasteiger partial charge in [-0.25, -0.2) is 4.68 Å². The van der Waals surface area contributed by atoms with Gasteiger partial charge >= 0.3 is 5.97 Å². The number of hydrogen-bond donors (Lipinski definition) is 1. The lowest BCUT2D eigenvalue weighted by Crippen LogP contribution is -2.23. The Hall–Kier alpha value is -3.58. The van der Waals surface area contributed by atoms with E-state index in [2.05, 4.69) is 5.10 Å². The van der Waals surface area contributed by atoms with Gasteiger partial charge in [-0.1, -0.05) is 48.0 Å². The van der Waals surface area contributed by atoms with E-state index in [1.165, 1.54) is 10.7 Å². The van der Waals surface area contributed by atoms with Crippen molar-refractivity contribution in [3.63, 3.8) is 0 Å². The first-order valence-corrected chi connectivity index (χ1v) is 11.9. The molecule has 3 rings (SSSR count). The third-order valence-electron chi connectivity index (χ3n) is 5.18. The highest BCUT2D eigenvalue weighted by Gasteiger charge is 2.06. The Labute approximate surface area is 206 Å². The maximum atomic E-state index is 11.7. The van der Waals surface area contributed by atoms with Gasteiger partial charge in [-0.15, -0.1) is 0 Å². The number of nitrogens with two attached hydrogens (primary N) is 1. The van der Waals surface area contributed by atoms with Crippen LogP contribution in [0.25, 0.3) is 0 Å². The molecule has 1 heterocycles. The number of nitrogens with zero attached hydrogens (tertiary/aromatic N) is 2. The number of rotatable bonds is 10. The van der Waals surface area contributed by atoms with Gasteiger partial charge in [-0.2, -0.15) is 5.10 Å². The monoisotopic (exact) mass is 477 g/mol. The molecule has 0 saturated heterocycles. The minimum Gasteiger partial charge on any atom is -0.466 e. The fourth-order valence-electron chi connectivity index (χ4n) is 3.45. The molecular weight excluding hydrogens is 442 g/mol. The number of carbonyl (C=O) groups is 2. The Kier molecular flexibility index (Phi) is 11.6. The smallest absolute Gasteiger partial charge is 0.310 e. The van der Waals surface area contributed by atoms with Gasteiger partial charge in [0.2, 0.25) is 0 Å². The van der Waals surface area contributed by atoms with E-state index < -0.39 is 0 Å². The summed E-state index contributed by atoms with van der Waals surface area (Å²) in [5.41, 5.74) is 9.76. The van der Waals surface area contributed by atoms with Crippen LogP contribution in [0.4, 0.5) is 0 Å². The van der Waals surface area contributed by atoms with Gasteiger partial charge in [0.1, 0.15) is 0 Å². The average Bonchev–Trinajstić information content (AvgIpc) is 2.82. The minimum atomic E-state index is -0.250. The number of aromatic nitrogens is 2. The number of Topliss-reactive ketones (excluding diaryl/α,β-unsaturated/α-hetero) is 1. The van der Waals surface area contributed by atoms with Crippen LogP contribution in [0.1, 0.15) is 58.9 Å². The molecule has 2 N–H and O–H groups in total. The first-order chi connectivity index (χ1) is 16.8. The maximum Gasteiger partial charge on any atom is 0.310 e. The molecule has 0 aliphatic carbocycles. The van der Waals surface area contributed by atoms with E-state index >= 15 is 0 Å². The molecule has 0 spiro atoms. The minimum absolute atomic E-state index is 0.142. The molecule has 0 aliphatic heterocycles. The summed E-state index contributed by atoms with van der Waals surface area (Å²) in [5.74, 6) is -0.0253. The molecule has 0 fully saturated rings. The highest BCUT2D eigenvalue weighted by Crippen LogP contribution is 2.09. The van der Waals surface area contributed by atoms with E-state index in [-0.39, 0.29) is 23.7 Å². The lowest BCUT2D eigenvalue weighted by molar-refractivity contribution is -0.142. The molecule has 0 saturated carbocycles. The second kappa shape index (κ2) is 14.6. The molecule has 0 unspecified atom stereocenters. The molecule has 2 aromatic carbocycles. The Balaban J connectivity index is 0.000000269. The number of ketones is 1. The SMILES string of the molecule is CCOC(=O)Cc1cccc(Cn2nc(C)ccc2=O)c1.Cc1cccc(C(=O)CCCCN)c1. The van der Waals surface area contributed by atoms with E-state index in [1.807, 2.05) is 62.4 Å². The molecule has 1 aromatic heterocycles. The predicted octanol–water partition coefficient (Wildman–Crippen LogP) is 4.01. The van der Waals surface area contributed by atoms with E-state index in [9.17, 15) is 14.4 Å². The molecule has 186 valence electrons. The number of ether oxygens (including phenoxy) is 1. The number of benzene rings is 2. The summed E-state index contributed by atoms with van der Waals surface area (Å²) < 4.78 is 6.35. The van der Waals surface area contributed by atoms with Crippen molar-refractivity contribution in [1.29, 1.82) is 0 Å². The van der Waals surface area contributed by atoms with Crippen LogP contribution in [0.3, 0.4) is 0 Å². The molecule has 0 atom stereocenters.